The molecule has 1 nitrogen and oxygen atoms in total. The van der Waals surface area contributed by atoms with E-state index in [0.717, 1.165) is 21.2 Å². The van der Waals surface area contributed by atoms with E-state index in [1.807, 2.05) is 62.4 Å². The van der Waals surface area contributed by atoms with Crippen LogP contribution >= 0.6 is 15.9 Å². The van der Waals surface area contributed by atoms with Gasteiger partial charge in [-0.1, -0.05) is 64.8 Å². The number of aryl methyl sites for hydroxylation is 1. The summed E-state index contributed by atoms with van der Waals surface area (Å²) in [6, 6.07) is 15.9. The van der Waals surface area contributed by atoms with Crippen LogP contribution in [-0.2, 0) is 5.60 Å². The van der Waals surface area contributed by atoms with Crippen LogP contribution in [0.2, 0.25) is 0 Å². The first-order valence-electron chi connectivity index (χ1n) is 6.12. The van der Waals surface area contributed by atoms with Gasteiger partial charge in [0.1, 0.15) is 5.60 Å². The second-order valence-electron chi connectivity index (χ2n) is 4.59. The van der Waals surface area contributed by atoms with Crippen LogP contribution in [-0.4, -0.2) is 5.11 Å². The van der Waals surface area contributed by atoms with Crippen molar-refractivity contribution in [3.05, 3.63) is 69.7 Å². The zero-order valence-corrected chi connectivity index (χ0v) is 12.2. The predicted molar refractivity (Wildman–Crippen MR) is 78.6 cm³/mol. The summed E-state index contributed by atoms with van der Waals surface area (Å²) in [5.74, 6) is 0. The van der Waals surface area contributed by atoms with E-state index in [-0.39, 0.29) is 0 Å². The Morgan fingerprint density at radius 3 is 2.22 bits per heavy atom. The topological polar surface area (TPSA) is 20.2 Å². The highest BCUT2D eigenvalue weighted by molar-refractivity contribution is 9.10. The summed E-state index contributed by atoms with van der Waals surface area (Å²) >= 11 is 3.46. The van der Waals surface area contributed by atoms with Crippen molar-refractivity contribution in [1.82, 2.24) is 0 Å². The molecule has 1 N–H and O–H groups in total. The number of aliphatic hydroxyl groups is 1. The SMILES string of the molecule is CCC(O)(c1cccc(C)c1)c1cccc(Br)c1. The van der Waals surface area contributed by atoms with Gasteiger partial charge in [0.05, 0.1) is 0 Å². The minimum absolute atomic E-state index is 0.646. The highest BCUT2D eigenvalue weighted by atomic mass is 79.9. The van der Waals surface area contributed by atoms with Crippen molar-refractivity contribution in [1.29, 1.82) is 0 Å². The first-order valence-corrected chi connectivity index (χ1v) is 6.91. The zero-order chi connectivity index (χ0) is 13.2. The molecular formula is C16H17BrO. The molecule has 2 aromatic rings. The maximum atomic E-state index is 11.0. The van der Waals surface area contributed by atoms with Crippen LogP contribution in [0.15, 0.2) is 53.0 Å². The molecule has 0 saturated carbocycles. The highest BCUT2D eigenvalue weighted by Crippen LogP contribution is 2.34. The number of hydrogen-bond donors (Lipinski definition) is 1. The predicted octanol–water partition coefficient (Wildman–Crippen LogP) is 4.40. The van der Waals surface area contributed by atoms with Gasteiger partial charge in [0, 0.05) is 4.47 Å². The maximum Gasteiger partial charge on any atom is 0.114 e. The van der Waals surface area contributed by atoms with E-state index in [1.54, 1.807) is 0 Å². The Morgan fingerprint density at radius 1 is 1.06 bits per heavy atom. The lowest BCUT2D eigenvalue weighted by molar-refractivity contribution is 0.0764. The molecule has 1 atom stereocenters. The summed E-state index contributed by atoms with van der Waals surface area (Å²) < 4.78 is 0.986. The Bertz CT molecular complexity index is 503. The molecule has 0 aliphatic rings. The van der Waals surface area contributed by atoms with Gasteiger partial charge in [-0.25, -0.2) is 0 Å². The third-order valence-electron chi connectivity index (χ3n) is 3.31. The van der Waals surface area contributed by atoms with Gasteiger partial charge in [-0.3, -0.25) is 0 Å². The van der Waals surface area contributed by atoms with E-state index in [1.165, 1.54) is 0 Å². The van der Waals surface area contributed by atoms with E-state index in [4.69, 9.17) is 0 Å². The fourth-order valence-electron chi connectivity index (χ4n) is 2.22. The molecule has 18 heavy (non-hydrogen) atoms. The molecule has 0 bridgehead atoms. The molecule has 0 aliphatic heterocycles. The normalized spacial score (nSPS) is 14.2. The molecule has 2 heteroatoms. The van der Waals surface area contributed by atoms with Crippen molar-refractivity contribution in [3.8, 4) is 0 Å². The molecule has 0 heterocycles. The van der Waals surface area contributed by atoms with Gasteiger partial charge in [-0.2, -0.15) is 0 Å². The van der Waals surface area contributed by atoms with Crippen molar-refractivity contribution in [2.75, 3.05) is 0 Å². The summed E-state index contributed by atoms with van der Waals surface area (Å²) in [4.78, 5) is 0. The molecule has 0 saturated heterocycles. The van der Waals surface area contributed by atoms with Gasteiger partial charge in [0.15, 0.2) is 0 Å². The first-order chi connectivity index (χ1) is 8.56. The van der Waals surface area contributed by atoms with E-state index < -0.39 is 5.60 Å². The molecule has 2 rings (SSSR count). The summed E-state index contributed by atoms with van der Waals surface area (Å²) in [6.07, 6.45) is 0.646. The largest absolute Gasteiger partial charge is 0.380 e. The Balaban J connectivity index is 2.54. The fourth-order valence-corrected chi connectivity index (χ4v) is 2.62. The summed E-state index contributed by atoms with van der Waals surface area (Å²) in [6.45, 7) is 4.05. The standard InChI is InChI=1S/C16H17BrO/c1-3-16(18,13-7-4-6-12(2)10-13)14-8-5-9-15(17)11-14/h4-11,18H,3H2,1-2H3. The maximum absolute atomic E-state index is 11.0. The van der Waals surface area contributed by atoms with Crippen molar-refractivity contribution in [3.63, 3.8) is 0 Å². The van der Waals surface area contributed by atoms with Crippen LogP contribution in [0.3, 0.4) is 0 Å². The Hall–Kier alpha value is -1.12. The average molecular weight is 305 g/mol. The summed E-state index contributed by atoms with van der Waals surface area (Å²) in [7, 11) is 0. The molecular weight excluding hydrogens is 288 g/mol. The van der Waals surface area contributed by atoms with Gasteiger partial charge in [-0.05, 0) is 36.6 Å². The second-order valence-corrected chi connectivity index (χ2v) is 5.51. The zero-order valence-electron chi connectivity index (χ0n) is 10.7. The number of halogens is 1. The van der Waals surface area contributed by atoms with E-state index in [9.17, 15) is 5.11 Å². The third kappa shape index (κ3) is 2.50. The lowest BCUT2D eigenvalue weighted by Gasteiger charge is -2.28. The van der Waals surface area contributed by atoms with E-state index in [2.05, 4.69) is 15.9 Å². The minimum atomic E-state index is -0.921. The van der Waals surface area contributed by atoms with Crippen LogP contribution in [0.25, 0.3) is 0 Å². The van der Waals surface area contributed by atoms with E-state index in [0.29, 0.717) is 6.42 Å². The highest BCUT2D eigenvalue weighted by Gasteiger charge is 2.29. The number of hydrogen-bond acceptors (Lipinski definition) is 1. The molecule has 0 radical (unpaired) electrons. The molecule has 0 fully saturated rings. The van der Waals surface area contributed by atoms with Crippen LogP contribution in [0.5, 0.6) is 0 Å². The number of benzene rings is 2. The van der Waals surface area contributed by atoms with Crippen LogP contribution in [0.1, 0.15) is 30.0 Å². The van der Waals surface area contributed by atoms with Crippen LogP contribution in [0, 0.1) is 6.92 Å². The van der Waals surface area contributed by atoms with Gasteiger partial charge >= 0.3 is 0 Å². The van der Waals surface area contributed by atoms with Crippen molar-refractivity contribution < 1.29 is 5.11 Å². The second kappa shape index (κ2) is 5.25. The molecule has 94 valence electrons. The minimum Gasteiger partial charge on any atom is -0.380 e. The molecule has 0 spiro atoms. The molecule has 0 aromatic heterocycles. The lowest BCUT2D eigenvalue weighted by atomic mass is 9.84. The molecule has 1 unspecified atom stereocenters. The van der Waals surface area contributed by atoms with Gasteiger partial charge in [0.25, 0.3) is 0 Å². The van der Waals surface area contributed by atoms with Gasteiger partial charge in [-0.15, -0.1) is 0 Å². The molecule has 0 aliphatic carbocycles. The van der Waals surface area contributed by atoms with Crippen molar-refractivity contribution in [2.45, 2.75) is 25.9 Å². The van der Waals surface area contributed by atoms with Crippen molar-refractivity contribution in [2.24, 2.45) is 0 Å². The summed E-state index contributed by atoms with van der Waals surface area (Å²) in [5.41, 5.74) is 2.11. The third-order valence-corrected chi connectivity index (χ3v) is 3.80. The van der Waals surface area contributed by atoms with E-state index >= 15 is 0 Å². The Morgan fingerprint density at radius 2 is 1.67 bits per heavy atom. The lowest BCUT2D eigenvalue weighted by Crippen LogP contribution is -2.26. The average Bonchev–Trinajstić information content (AvgIpc) is 2.38. The Kier molecular flexibility index (Phi) is 3.88. The summed E-state index contributed by atoms with van der Waals surface area (Å²) in [5, 5.41) is 11.0. The van der Waals surface area contributed by atoms with Gasteiger partial charge in [0.2, 0.25) is 0 Å². The first kappa shape index (κ1) is 13.3. The van der Waals surface area contributed by atoms with Crippen LogP contribution in [0.4, 0.5) is 0 Å². The van der Waals surface area contributed by atoms with Crippen molar-refractivity contribution >= 4 is 15.9 Å². The number of rotatable bonds is 3. The molecule has 2 aromatic carbocycles. The van der Waals surface area contributed by atoms with Crippen LogP contribution < -0.4 is 0 Å². The smallest absolute Gasteiger partial charge is 0.114 e. The quantitative estimate of drug-likeness (QED) is 0.891. The Labute approximate surface area is 117 Å². The monoisotopic (exact) mass is 304 g/mol. The van der Waals surface area contributed by atoms with Gasteiger partial charge < -0.3 is 5.11 Å². The fraction of sp³-hybridized carbons (Fsp3) is 0.250. The molecule has 0 amide bonds.